The summed E-state index contributed by atoms with van der Waals surface area (Å²) in [5.74, 6) is -0.204. The van der Waals surface area contributed by atoms with Crippen LogP contribution in [0.2, 0.25) is 0 Å². The Hall–Kier alpha value is -1.53. The van der Waals surface area contributed by atoms with Gasteiger partial charge in [-0.3, -0.25) is 4.55 Å². The van der Waals surface area contributed by atoms with Crippen LogP contribution in [0.3, 0.4) is 0 Å². The van der Waals surface area contributed by atoms with Crippen LogP contribution in [0.1, 0.15) is 120 Å². The molecule has 0 amide bonds. The molecule has 0 aromatic heterocycles. The highest BCUT2D eigenvalue weighted by molar-refractivity contribution is 7.80. The first-order valence-electron chi connectivity index (χ1n) is 29.9. The Labute approximate surface area is 490 Å². The summed E-state index contributed by atoms with van der Waals surface area (Å²) in [7, 11) is -4.85. The first kappa shape index (κ1) is 66.9. The van der Waals surface area contributed by atoms with Crippen LogP contribution in [-0.2, 0) is 62.0 Å². The highest BCUT2D eigenvalue weighted by atomic mass is 32.3. The predicted octanol–water partition coefficient (Wildman–Crippen LogP) is -0.662. The first-order chi connectivity index (χ1) is 39.2. The van der Waals surface area contributed by atoms with Gasteiger partial charge in [0.05, 0.1) is 48.8 Å². The molecule has 5 saturated heterocycles. The van der Waals surface area contributed by atoms with Crippen LogP contribution < -0.4 is 0 Å². The van der Waals surface area contributed by atoms with Crippen molar-refractivity contribution in [2.75, 3.05) is 6.61 Å². The molecular weight excluding hydrogens is 1130 g/mol. The van der Waals surface area contributed by atoms with Crippen LogP contribution in [0.15, 0.2) is 23.8 Å². The summed E-state index contributed by atoms with van der Waals surface area (Å²) in [5.41, 5.74) is 0.377. The second-order valence-corrected chi connectivity index (χ2v) is 27.7. The van der Waals surface area contributed by atoms with E-state index in [2.05, 4.69) is 40.3 Å². The summed E-state index contributed by atoms with van der Waals surface area (Å²) in [6.45, 7) is 19.9. The van der Waals surface area contributed by atoms with E-state index in [9.17, 15) is 74.2 Å². The molecule has 33 atom stereocenters. The highest BCUT2D eigenvalue weighted by Crippen LogP contribution is 2.67. The van der Waals surface area contributed by atoms with Crippen molar-refractivity contribution in [3.05, 3.63) is 23.8 Å². The van der Waals surface area contributed by atoms with Gasteiger partial charge in [-0.25, -0.2) is 4.18 Å². The van der Waals surface area contributed by atoms with Gasteiger partial charge in [-0.2, -0.15) is 8.42 Å². The lowest BCUT2D eigenvalue weighted by Crippen LogP contribution is -2.66. The molecule has 27 heteroatoms. The zero-order valence-corrected chi connectivity index (χ0v) is 50.1. The first-order valence-corrected chi connectivity index (χ1v) is 31.3. The van der Waals surface area contributed by atoms with E-state index in [0.717, 1.165) is 18.4 Å². The average Bonchev–Trinajstić information content (AvgIpc) is 1.42. The van der Waals surface area contributed by atoms with Crippen molar-refractivity contribution in [3.63, 3.8) is 0 Å². The van der Waals surface area contributed by atoms with Crippen LogP contribution in [-0.4, -0.2) is 246 Å². The Morgan fingerprint density at radius 1 is 0.631 bits per heavy atom. The van der Waals surface area contributed by atoms with E-state index in [0.29, 0.717) is 38.5 Å². The number of hydrogen-bond donors (Lipinski definition) is 13. The van der Waals surface area contributed by atoms with Crippen LogP contribution in [0.25, 0.3) is 0 Å². The third-order valence-corrected chi connectivity index (χ3v) is 21.3. The molecule has 5 heterocycles. The smallest absolute Gasteiger partial charge is 0.390 e. The number of aliphatic hydroxyl groups excluding tert-OH is 11. The van der Waals surface area contributed by atoms with Gasteiger partial charge >= 0.3 is 10.4 Å². The molecular formula is C57H94O26S. The molecule has 8 fully saturated rings. The van der Waals surface area contributed by atoms with E-state index in [1.807, 2.05) is 6.92 Å². The van der Waals surface area contributed by atoms with Crippen LogP contribution in [0.5, 0.6) is 0 Å². The molecule has 5 aliphatic heterocycles. The molecule has 0 bridgehead atoms. The van der Waals surface area contributed by atoms with Crippen molar-refractivity contribution in [3.8, 4) is 0 Å². The Balaban J connectivity index is 0.977. The number of aliphatic hydroxyl groups is 12. The van der Waals surface area contributed by atoms with E-state index >= 15 is 0 Å². The van der Waals surface area contributed by atoms with E-state index in [4.69, 9.17) is 51.6 Å². The minimum Gasteiger partial charge on any atom is -0.390 e. The molecule has 0 aromatic rings. The highest BCUT2D eigenvalue weighted by Gasteiger charge is 2.63. The summed E-state index contributed by atoms with van der Waals surface area (Å²) in [6, 6.07) is 0. The molecule has 0 spiro atoms. The van der Waals surface area contributed by atoms with Crippen LogP contribution in [0, 0.1) is 40.4 Å². The van der Waals surface area contributed by atoms with Gasteiger partial charge in [-0.15, -0.1) is 0 Å². The Morgan fingerprint density at radius 2 is 1.14 bits per heavy atom. The number of ether oxygens (including phenoxy) is 10. The Morgan fingerprint density at radius 3 is 1.71 bits per heavy atom. The monoisotopic (exact) mass is 1230 g/mol. The molecule has 9 rings (SSSR count). The SMILES string of the molecule is C=C(CC[C@](C)(O)[C@H]1CC[C@H]2[C@@H]3C[C@H](O[C@@H]4O[C@H](C)[C@@H](O)[C@H](O[C@@H]5OC[C@@H](O[C@@H]6O[C@H](C)[C@H](O)[C@H](O)[C@H]6O[C@@H]6O[C@H](C)[C@@H](O)[C@H](O)[C@H]6O)[C@H](O)[C@H]5O[C@@H]5O[C@H](C)[C@@H](O)[C@H](O)[C@H]5O)[C@H]4O)[C@H]4C[C@@H](OS(=O)(=O)O)CC[C@]4(C)C3=CC[C@@]21C)C(C)C. The topological polar surface area (TPSA) is 399 Å². The second-order valence-electron chi connectivity index (χ2n) is 26.7. The molecule has 84 heavy (non-hydrogen) atoms. The summed E-state index contributed by atoms with van der Waals surface area (Å²) in [4.78, 5) is 0. The van der Waals surface area contributed by atoms with Gasteiger partial charge in [-0.05, 0) is 133 Å². The van der Waals surface area contributed by atoms with E-state index < -0.39 is 194 Å². The zero-order valence-electron chi connectivity index (χ0n) is 49.3. The quantitative estimate of drug-likeness (QED) is 0.0635. The molecule has 9 aliphatic rings. The van der Waals surface area contributed by atoms with Crippen LogP contribution in [0.4, 0.5) is 0 Å². The molecule has 26 nitrogen and oxygen atoms in total. The van der Waals surface area contributed by atoms with E-state index in [1.165, 1.54) is 33.3 Å². The maximum atomic E-state index is 12.4. The van der Waals surface area contributed by atoms with Gasteiger partial charge in [-0.1, -0.05) is 51.5 Å². The fourth-order valence-electron chi connectivity index (χ4n) is 15.5. The lowest BCUT2D eigenvalue weighted by molar-refractivity contribution is -0.397. The van der Waals surface area contributed by atoms with Crippen LogP contribution >= 0.6 is 0 Å². The minimum absolute atomic E-state index is 0.0478. The summed E-state index contributed by atoms with van der Waals surface area (Å²) in [5, 5.41) is 135. The average molecular weight is 1230 g/mol. The summed E-state index contributed by atoms with van der Waals surface area (Å²) >= 11 is 0. The van der Waals surface area contributed by atoms with E-state index in [-0.39, 0.29) is 35.5 Å². The maximum absolute atomic E-state index is 12.4. The number of hydrogen-bond acceptors (Lipinski definition) is 25. The number of rotatable bonds is 17. The molecule has 0 unspecified atom stereocenters. The van der Waals surface area contributed by atoms with Crippen molar-refractivity contribution in [2.24, 2.45) is 40.4 Å². The molecule has 4 aliphatic carbocycles. The van der Waals surface area contributed by atoms with Crippen molar-refractivity contribution >= 4 is 10.4 Å². The third-order valence-electron chi connectivity index (χ3n) is 20.8. The lowest BCUT2D eigenvalue weighted by atomic mass is 9.47. The minimum atomic E-state index is -4.85. The van der Waals surface area contributed by atoms with Crippen molar-refractivity contribution in [1.82, 2.24) is 0 Å². The molecule has 0 aromatic carbocycles. The third kappa shape index (κ3) is 13.0. The van der Waals surface area contributed by atoms with E-state index in [1.54, 1.807) is 0 Å². The largest absolute Gasteiger partial charge is 0.397 e. The molecule has 13 N–H and O–H groups in total. The molecule has 0 radical (unpaired) electrons. The van der Waals surface area contributed by atoms with Gasteiger partial charge in [0.2, 0.25) is 0 Å². The van der Waals surface area contributed by atoms with Crippen molar-refractivity contribution in [1.29, 1.82) is 0 Å². The standard InChI is InChI=1S/C57H94O26S/c1-22(2)23(3)13-18-57(10,69)35-12-11-30-29-20-33(32-19-28(83-84(70,71)72)14-16-55(32,8)31(29)15-17-56(30,35)9)78-52-46(68)47(39(61)27(7)76-52)80-53-48(81-50-44(66)41(63)36(58)24(4)74-50)40(62)34(21-73-53)79-54-49(43(65)38(60)26(6)77-54)82-51-45(67)42(64)37(59)25(5)75-51/h15,22,24-30,32-54,58-69H,3,11-14,16-21H2,1-2,4-10H3,(H,70,71,72)/t24-,25-,26-,27-,28+,29+,30+,32-,33+,34-,35+,36-,37-,38+,39-,40+,41+,42+,43+,44-,45-,46-,47+,48-,49-,50+,51+,52+,53+,54+,55-,56+,57+/m1/s1. The Kier molecular flexibility index (Phi) is 20.4. The maximum Gasteiger partial charge on any atom is 0.397 e. The summed E-state index contributed by atoms with van der Waals surface area (Å²) < 4.78 is 101. The molecule has 3 saturated carbocycles. The fraction of sp³-hybridized carbons (Fsp3) is 0.930. The second kappa shape index (κ2) is 25.6. The lowest BCUT2D eigenvalue weighted by Gasteiger charge is -2.60. The molecule has 484 valence electrons. The number of fused-ring (bicyclic) bond motifs is 5. The van der Waals surface area contributed by atoms with Gasteiger partial charge in [0.15, 0.2) is 31.5 Å². The predicted molar refractivity (Wildman–Crippen MR) is 288 cm³/mol. The van der Waals surface area contributed by atoms with Crippen molar-refractivity contribution in [2.45, 2.75) is 285 Å². The fourth-order valence-corrected chi connectivity index (χ4v) is 16.1. The number of allylic oxidation sites excluding steroid dienone is 3. The Bertz CT molecular complexity index is 2400. The normalized spacial score (nSPS) is 51.7. The summed E-state index contributed by atoms with van der Waals surface area (Å²) in [6.07, 6.45) is -33.5. The van der Waals surface area contributed by atoms with Gasteiger partial charge in [0.25, 0.3) is 0 Å². The van der Waals surface area contributed by atoms with Gasteiger partial charge < -0.3 is 109 Å². The zero-order chi connectivity index (χ0) is 61.6. The van der Waals surface area contributed by atoms with Gasteiger partial charge in [0, 0.05) is 0 Å². The van der Waals surface area contributed by atoms with Crippen molar-refractivity contribution < 1.29 is 126 Å². The van der Waals surface area contributed by atoms with Gasteiger partial charge in [0.1, 0.15) is 91.6 Å².